The maximum absolute atomic E-state index is 8.98. The highest BCUT2D eigenvalue weighted by atomic mass is 35.5. The minimum Gasteiger partial charge on any atom is -0.486 e. The van der Waals surface area contributed by atoms with E-state index in [2.05, 4.69) is 12.2 Å². The second kappa shape index (κ2) is 7.72. The van der Waals surface area contributed by atoms with Gasteiger partial charge in [0, 0.05) is 13.2 Å². The Morgan fingerprint density at radius 1 is 1.35 bits per heavy atom. The van der Waals surface area contributed by atoms with Crippen LogP contribution in [-0.2, 0) is 6.54 Å². The molecular formula is C15H22ClNO3. The molecule has 1 unspecified atom stereocenters. The molecule has 0 aliphatic carbocycles. The molecule has 2 N–H and O–H groups in total. The Kier molecular flexibility index (Phi) is 5.95. The van der Waals surface area contributed by atoms with E-state index in [1.54, 1.807) is 0 Å². The van der Waals surface area contributed by atoms with E-state index < -0.39 is 0 Å². The van der Waals surface area contributed by atoms with E-state index in [0.717, 1.165) is 37.2 Å². The summed E-state index contributed by atoms with van der Waals surface area (Å²) >= 11 is 6.20. The number of halogens is 1. The van der Waals surface area contributed by atoms with Crippen molar-refractivity contribution < 1.29 is 14.6 Å². The largest absolute Gasteiger partial charge is 0.486 e. The Labute approximate surface area is 125 Å². The van der Waals surface area contributed by atoms with Gasteiger partial charge in [-0.25, -0.2) is 0 Å². The van der Waals surface area contributed by atoms with Crippen LogP contribution in [0.5, 0.6) is 11.5 Å². The van der Waals surface area contributed by atoms with E-state index in [-0.39, 0.29) is 6.61 Å². The van der Waals surface area contributed by atoms with Gasteiger partial charge in [-0.3, -0.25) is 0 Å². The number of benzene rings is 1. The summed E-state index contributed by atoms with van der Waals surface area (Å²) in [5.41, 5.74) is 1.08. The zero-order valence-electron chi connectivity index (χ0n) is 11.8. The van der Waals surface area contributed by atoms with Crippen molar-refractivity contribution in [2.75, 3.05) is 26.4 Å². The van der Waals surface area contributed by atoms with Crippen molar-refractivity contribution in [3.63, 3.8) is 0 Å². The summed E-state index contributed by atoms with van der Waals surface area (Å²) in [4.78, 5) is 0. The van der Waals surface area contributed by atoms with Crippen LogP contribution in [0, 0.1) is 5.92 Å². The zero-order valence-corrected chi connectivity index (χ0v) is 12.6. The first-order chi connectivity index (χ1) is 9.74. The smallest absolute Gasteiger partial charge is 0.179 e. The first kappa shape index (κ1) is 15.4. The maximum Gasteiger partial charge on any atom is 0.179 e. The van der Waals surface area contributed by atoms with Crippen molar-refractivity contribution in [1.82, 2.24) is 5.32 Å². The summed E-state index contributed by atoms with van der Waals surface area (Å²) in [7, 11) is 0. The molecule has 1 aliphatic heterocycles. The summed E-state index contributed by atoms with van der Waals surface area (Å²) in [6.45, 7) is 5.12. The van der Waals surface area contributed by atoms with Gasteiger partial charge in [-0.05, 0) is 36.6 Å². The molecule has 5 heteroatoms. The lowest BCUT2D eigenvalue weighted by molar-refractivity contribution is 0.171. The molecule has 1 aromatic rings. The zero-order chi connectivity index (χ0) is 14.4. The Morgan fingerprint density at radius 2 is 2.15 bits per heavy atom. The Hall–Kier alpha value is -0.970. The summed E-state index contributed by atoms with van der Waals surface area (Å²) in [5.74, 6) is 1.88. The van der Waals surface area contributed by atoms with Gasteiger partial charge < -0.3 is 19.9 Å². The fraction of sp³-hybridized carbons (Fsp3) is 0.600. The second-order valence-electron chi connectivity index (χ2n) is 5.02. The van der Waals surface area contributed by atoms with Crippen LogP contribution in [0.1, 0.15) is 25.3 Å². The number of aliphatic hydroxyl groups excluding tert-OH is 1. The first-order valence-electron chi connectivity index (χ1n) is 7.14. The molecule has 0 aromatic heterocycles. The topological polar surface area (TPSA) is 50.7 Å². The van der Waals surface area contributed by atoms with E-state index in [0.29, 0.717) is 29.9 Å². The third-order valence-corrected chi connectivity index (χ3v) is 3.81. The molecule has 1 heterocycles. The van der Waals surface area contributed by atoms with Crippen LogP contribution in [0.3, 0.4) is 0 Å². The number of aliphatic hydroxyl groups is 1. The molecule has 2 rings (SSSR count). The van der Waals surface area contributed by atoms with E-state index in [9.17, 15) is 0 Å². The fourth-order valence-corrected chi connectivity index (χ4v) is 2.61. The second-order valence-corrected chi connectivity index (χ2v) is 5.43. The van der Waals surface area contributed by atoms with Gasteiger partial charge in [-0.2, -0.15) is 0 Å². The predicted octanol–water partition coefficient (Wildman–Crippen LogP) is 2.61. The summed E-state index contributed by atoms with van der Waals surface area (Å²) in [6.07, 6.45) is 1.90. The van der Waals surface area contributed by atoms with Crippen molar-refractivity contribution in [3.8, 4) is 11.5 Å². The highest BCUT2D eigenvalue weighted by Gasteiger charge is 2.16. The van der Waals surface area contributed by atoms with Crippen molar-refractivity contribution in [2.45, 2.75) is 26.3 Å². The third-order valence-electron chi connectivity index (χ3n) is 3.53. The molecule has 112 valence electrons. The minimum atomic E-state index is 0.246. The van der Waals surface area contributed by atoms with Crippen LogP contribution < -0.4 is 14.8 Å². The molecule has 0 spiro atoms. The SMILES string of the molecule is CCC(CCO)CNCc1cc(Cl)c2c(c1)OCCO2. The van der Waals surface area contributed by atoms with Crippen LogP contribution in [0.2, 0.25) is 5.02 Å². The van der Waals surface area contributed by atoms with Gasteiger partial charge in [-0.1, -0.05) is 24.9 Å². The number of nitrogens with one attached hydrogen (secondary N) is 1. The average molecular weight is 300 g/mol. The van der Waals surface area contributed by atoms with E-state index in [1.807, 2.05) is 12.1 Å². The van der Waals surface area contributed by atoms with Crippen molar-refractivity contribution in [2.24, 2.45) is 5.92 Å². The molecule has 0 saturated heterocycles. The van der Waals surface area contributed by atoms with Gasteiger partial charge >= 0.3 is 0 Å². The standard InChI is InChI=1S/C15H22ClNO3/c1-2-11(3-4-18)9-17-10-12-7-13(16)15-14(8-12)19-5-6-20-15/h7-8,11,17-18H,2-6,9-10H2,1H3. The molecular weight excluding hydrogens is 278 g/mol. The van der Waals surface area contributed by atoms with E-state index >= 15 is 0 Å². The van der Waals surface area contributed by atoms with Crippen molar-refractivity contribution in [3.05, 3.63) is 22.7 Å². The molecule has 0 amide bonds. The number of ether oxygens (including phenoxy) is 2. The quantitative estimate of drug-likeness (QED) is 0.812. The normalized spacial score (nSPS) is 15.2. The van der Waals surface area contributed by atoms with Gasteiger partial charge in [0.15, 0.2) is 11.5 Å². The Morgan fingerprint density at radius 3 is 2.90 bits per heavy atom. The molecule has 1 aromatic carbocycles. The summed E-state index contributed by atoms with van der Waals surface area (Å²) in [5, 5.41) is 13.0. The predicted molar refractivity (Wildman–Crippen MR) is 79.6 cm³/mol. The van der Waals surface area contributed by atoms with Crippen LogP contribution in [0.25, 0.3) is 0 Å². The van der Waals surface area contributed by atoms with Gasteiger partial charge in [0.05, 0.1) is 5.02 Å². The van der Waals surface area contributed by atoms with Crippen LogP contribution in [0.15, 0.2) is 12.1 Å². The highest BCUT2D eigenvalue weighted by molar-refractivity contribution is 6.32. The lowest BCUT2D eigenvalue weighted by Crippen LogP contribution is -2.23. The molecule has 20 heavy (non-hydrogen) atoms. The van der Waals surface area contributed by atoms with Crippen molar-refractivity contribution in [1.29, 1.82) is 0 Å². The Balaban J connectivity index is 1.91. The van der Waals surface area contributed by atoms with Crippen LogP contribution >= 0.6 is 11.6 Å². The van der Waals surface area contributed by atoms with Gasteiger partial charge in [-0.15, -0.1) is 0 Å². The summed E-state index contributed by atoms with van der Waals surface area (Å²) in [6, 6.07) is 3.88. The molecule has 0 radical (unpaired) electrons. The van der Waals surface area contributed by atoms with E-state index in [1.165, 1.54) is 0 Å². The average Bonchev–Trinajstić information content (AvgIpc) is 2.46. The fourth-order valence-electron chi connectivity index (χ4n) is 2.32. The van der Waals surface area contributed by atoms with Gasteiger partial charge in [0.2, 0.25) is 0 Å². The number of hydrogen-bond donors (Lipinski definition) is 2. The number of rotatable bonds is 7. The van der Waals surface area contributed by atoms with Crippen LogP contribution in [-0.4, -0.2) is 31.5 Å². The molecule has 0 saturated carbocycles. The van der Waals surface area contributed by atoms with Gasteiger partial charge in [0.1, 0.15) is 13.2 Å². The lowest BCUT2D eigenvalue weighted by Gasteiger charge is -2.20. The maximum atomic E-state index is 8.98. The molecule has 1 aliphatic rings. The molecule has 0 fully saturated rings. The first-order valence-corrected chi connectivity index (χ1v) is 7.52. The molecule has 1 atom stereocenters. The number of fused-ring (bicyclic) bond motifs is 1. The number of hydrogen-bond acceptors (Lipinski definition) is 4. The monoisotopic (exact) mass is 299 g/mol. The Bertz CT molecular complexity index is 439. The van der Waals surface area contributed by atoms with E-state index in [4.69, 9.17) is 26.2 Å². The van der Waals surface area contributed by atoms with Crippen LogP contribution in [0.4, 0.5) is 0 Å². The summed E-state index contributed by atoms with van der Waals surface area (Å²) < 4.78 is 11.1. The van der Waals surface area contributed by atoms with Gasteiger partial charge in [0.25, 0.3) is 0 Å². The molecule has 4 nitrogen and oxygen atoms in total. The minimum absolute atomic E-state index is 0.246. The third kappa shape index (κ3) is 4.01. The molecule has 0 bridgehead atoms. The lowest BCUT2D eigenvalue weighted by atomic mass is 10.0. The van der Waals surface area contributed by atoms with Crippen molar-refractivity contribution >= 4 is 11.6 Å². The highest BCUT2D eigenvalue weighted by Crippen LogP contribution is 2.38.